The predicted octanol–water partition coefficient (Wildman–Crippen LogP) is 1.89. The van der Waals surface area contributed by atoms with E-state index in [1.54, 1.807) is 30.5 Å². The first kappa shape index (κ1) is 11.6. The normalized spacial score (nSPS) is 22.5. The Morgan fingerprint density at radius 2 is 2.18 bits per heavy atom. The maximum atomic E-state index is 13.5. The molecule has 90 valence electrons. The molecular formula is C12H14FN3O. The first-order valence-corrected chi connectivity index (χ1v) is 5.29. The molecule has 5 heteroatoms. The Morgan fingerprint density at radius 3 is 2.82 bits per heavy atom. The maximum Gasteiger partial charge on any atom is 0.214 e. The average molecular weight is 235 g/mol. The van der Waals surface area contributed by atoms with Crippen LogP contribution >= 0.6 is 0 Å². The summed E-state index contributed by atoms with van der Waals surface area (Å²) in [5.41, 5.74) is 4.13. The zero-order valence-electron chi connectivity index (χ0n) is 9.43. The molecular weight excluding hydrogens is 221 g/mol. The van der Waals surface area contributed by atoms with Crippen molar-refractivity contribution in [3.05, 3.63) is 42.1 Å². The largest absolute Gasteiger partial charge is 0.467 e. The lowest BCUT2D eigenvalue weighted by Gasteiger charge is -2.19. The molecule has 0 radical (unpaired) electrons. The van der Waals surface area contributed by atoms with Gasteiger partial charge in [-0.3, -0.25) is 5.84 Å². The number of aryl methyl sites for hydroxylation is 1. The minimum absolute atomic E-state index is 0.383. The molecule has 1 unspecified atom stereocenters. The highest BCUT2D eigenvalue weighted by Gasteiger charge is 2.20. The number of halogens is 1. The van der Waals surface area contributed by atoms with Crippen molar-refractivity contribution < 1.29 is 9.13 Å². The topological polar surface area (TPSA) is 60.2 Å². The van der Waals surface area contributed by atoms with Gasteiger partial charge in [-0.15, -0.1) is 0 Å². The number of nitrogens with one attached hydrogen (secondary N) is 1. The summed E-state index contributed by atoms with van der Waals surface area (Å²) < 4.78 is 18.9. The summed E-state index contributed by atoms with van der Waals surface area (Å²) in [7, 11) is 0. The number of nitrogens with two attached hydrogens (primary N) is 1. The Bertz CT molecular complexity index is 459. The lowest BCUT2D eigenvalue weighted by atomic mass is 10.1. The van der Waals surface area contributed by atoms with Crippen LogP contribution in [0.4, 0.5) is 10.1 Å². The number of hydrogen-bond acceptors (Lipinski definition) is 4. The van der Waals surface area contributed by atoms with Crippen LogP contribution in [0.2, 0.25) is 0 Å². The lowest BCUT2D eigenvalue weighted by molar-refractivity contribution is 0.158. The number of alkyl halides is 1. The smallest absolute Gasteiger partial charge is 0.214 e. The standard InChI is InChI=1S/C12H14FN3O/c1-8-6-12(15-7-10(8)16-14)17-11-5-3-2-4-9(11)13/h2-7,9,11,16H,14H2,1H3/t9?,11-/m1/s1. The molecule has 3 N–H and O–H groups in total. The van der Waals surface area contributed by atoms with Crippen LogP contribution < -0.4 is 16.0 Å². The number of nitrogen functional groups attached to an aromatic ring is 1. The van der Waals surface area contributed by atoms with Gasteiger partial charge in [0.2, 0.25) is 5.88 Å². The molecule has 17 heavy (non-hydrogen) atoms. The number of rotatable bonds is 3. The van der Waals surface area contributed by atoms with Gasteiger partial charge in [-0.05, 0) is 24.6 Å². The van der Waals surface area contributed by atoms with Crippen molar-refractivity contribution in [2.45, 2.75) is 19.2 Å². The summed E-state index contributed by atoms with van der Waals surface area (Å²) in [6.07, 6.45) is 6.32. The highest BCUT2D eigenvalue weighted by molar-refractivity contribution is 5.49. The Hall–Kier alpha value is -1.88. The van der Waals surface area contributed by atoms with E-state index in [9.17, 15) is 4.39 Å². The van der Waals surface area contributed by atoms with Gasteiger partial charge in [-0.25, -0.2) is 9.37 Å². The molecule has 0 fully saturated rings. The number of hydrogen-bond donors (Lipinski definition) is 2. The maximum absolute atomic E-state index is 13.5. The van der Waals surface area contributed by atoms with Gasteiger partial charge >= 0.3 is 0 Å². The molecule has 1 aromatic heterocycles. The zero-order chi connectivity index (χ0) is 12.3. The van der Waals surface area contributed by atoms with Crippen LogP contribution in [-0.4, -0.2) is 17.3 Å². The fourth-order valence-corrected chi connectivity index (χ4v) is 1.55. The third-order valence-electron chi connectivity index (χ3n) is 2.52. The van der Waals surface area contributed by atoms with Crippen LogP contribution in [0.15, 0.2) is 36.6 Å². The molecule has 0 spiro atoms. The predicted molar refractivity (Wildman–Crippen MR) is 64.4 cm³/mol. The monoisotopic (exact) mass is 235 g/mol. The van der Waals surface area contributed by atoms with E-state index < -0.39 is 12.3 Å². The Morgan fingerprint density at radius 1 is 1.41 bits per heavy atom. The Labute approximate surface area is 99.0 Å². The van der Waals surface area contributed by atoms with Gasteiger partial charge in [0, 0.05) is 6.07 Å². The van der Waals surface area contributed by atoms with Gasteiger partial charge in [-0.2, -0.15) is 0 Å². The molecule has 1 aliphatic carbocycles. The van der Waals surface area contributed by atoms with E-state index in [1.807, 2.05) is 6.92 Å². The number of pyridine rings is 1. The molecule has 0 aromatic carbocycles. The van der Waals surface area contributed by atoms with Crippen molar-refractivity contribution in [1.29, 1.82) is 0 Å². The van der Waals surface area contributed by atoms with Crippen LogP contribution in [0.25, 0.3) is 0 Å². The molecule has 0 saturated carbocycles. The van der Waals surface area contributed by atoms with E-state index in [4.69, 9.17) is 10.6 Å². The molecule has 4 nitrogen and oxygen atoms in total. The first-order chi connectivity index (χ1) is 8.20. The van der Waals surface area contributed by atoms with Gasteiger partial charge in [0.05, 0.1) is 11.9 Å². The molecule has 0 aliphatic heterocycles. The van der Waals surface area contributed by atoms with Crippen molar-refractivity contribution in [3.8, 4) is 5.88 Å². The van der Waals surface area contributed by atoms with Gasteiger partial charge < -0.3 is 10.2 Å². The third kappa shape index (κ3) is 2.62. The molecule has 2 rings (SSSR count). The van der Waals surface area contributed by atoms with Crippen molar-refractivity contribution in [2.24, 2.45) is 5.84 Å². The molecule has 1 heterocycles. The summed E-state index contributed by atoms with van der Waals surface area (Å²) in [4.78, 5) is 4.05. The van der Waals surface area contributed by atoms with E-state index in [1.165, 1.54) is 6.08 Å². The van der Waals surface area contributed by atoms with Crippen LogP contribution in [0.3, 0.4) is 0 Å². The van der Waals surface area contributed by atoms with Crippen LogP contribution in [0.5, 0.6) is 5.88 Å². The fraction of sp³-hybridized carbons (Fsp3) is 0.250. The molecule has 0 saturated heterocycles. The number of anilines is 1. The zero-order valence-corrected chi connectivity index (χ0v) is 9.43. The van der Waals surface area contributed by atoms with E-state index in [0.717, 1.165) is 5.56 Å². The highest BCUT2D eigenvalue weighted by Crippen LogP contribution is 2.20. The second kappa shape index (κ2) is 4.97. The molecule has 0 amide bonds. The summed E-state index contributed by atoms with van der Waals surface area (Å²) in [6, 6.07) is 1.72. The number of ether oxygens (including phenoxy) is 1. The number of aromatic nitrogens is 1. The summed E-state index contributed by atoms with van der Waals surface area (Å²) >= 11 is 0. The number of allylic oxidation sites excluding steroid dienone is 2. The molecule has 2 atom stereocenters. The van der Waals surface area contributed by atoms with Crippen LogP contribution in [0, 0.1) is 6.92 Å². The molecule has 1 aromatic rings. The summed E-state index contributed by atoms with van der Waals surface area (Å²) in [5.74, 6) is 5.68. The van der Waals surface area contributed by atoms with E-state index in [-0.39, 0.29) is 0 Å². The molecule has 1 aliphatic rings. The van der Waals surface area contributed by atoms with E-state index in [2.05, 4.69) is 10.4 Å². The summed E-state index contributed by atoms with van der Waals surface area (Å²) in [6.45, 7) is 1.87. The number of nitrogens with zero attached hydrogens (tertiary/aromatic N) is 1. The van der Waals surface area contributed by atoms with Crippen LogP contribution in [0.1, 0.15) is 5.56 Å². The van der Waals surface area contributed by atoms with Crippen LogP contribution in [-0.2, 0) is 0 Å². The van der Waals surface area contributed by atoms with Crippen molar-refractivity contribution in [1.82, 2.24) is 4.98 Å². The first-order valence-electron chi connectivity index (χ1n) is 5.29. The fourth-order valence-electron chi connectivity index (χ4n) is 1.55. The minimum Gasteiger partial charge on any atom is -0.467 e. The van der Waals surface area contributed by atoms with Crippen molar-refractivity contribution in [2.75, 3.05) is 5.43 Å². The van der Waals surface area contributed by atoms with Crippen molar-refractivity contribution in [3.63, 3.8) is 0 Å². The third-order valence-corrected chi connectivity index (χ3v) is 2.52. The second-order valence-corrected chi connectivity index (χ2v) is 3.78. The average Bonchev–Trinajstić information content (AvgIpc) is 2.32. The van der Waals surface area contributed by atoms with Gasteiger partial charge in [0.25, 0.3) is 0 Å². The number of hydrazine groups is 1. The SMILES string of the molecule is Cc1cc(O[C@@H]2C=CC=CC2F)ncc1NN. The summed E-state index contributed by atoms with van der Waals surface area (Å²) in [5, 5.41) is 0. The highest BCUT2D eigenvalue weighted by atomic mass is 19.1. The van der Waals surface area contributed by atoms with Gasteiger partial charge in [0.15, 0.2) is 12.3 Å². The van der Waals surface area contributed by atoms with Gasteiger partial charge in [-0.1, -0.05) is 12.2 Å². The van der Waals surface area contributed by atoms with E-state index in [0.29, 0.717) is 11.6 Å². The Kier molecular flexibility index (Phi) is 3.39. The van der Waals surface area contributed by atoms with Gasteiger partial charge in [0.1, 0.15) is 0 Å². The Balaban J connectivity index is 2.11. The minimum atomic E-state index is -1.14. The lowest BCUT2D eigenvalue weighted by Crippen LogP contribution is -2.26. The quantitative estimate of drug-likeness (QED) is 0.620. The second-order valence-electron chi connectivity index (χ2n) is 3.78. The van der Waals surface area contributed by atoms with E-state index >= 15 is 0 Å². The molecule has 0 bridgehead atoms. The van der Waals surface area contributed by atoms with Crippen molar-refractivity contribution >= 4 is 5.69 Å².